The minimum Gasteiger partial charge on any atom is -0.313 e. The molecule has 0 radical (unpaired) electrons. The van der Waals surface area contributed by atoms with Crippen LogP contribution in [0, 0.1) is 6.92 Å². The minimum absolute atomic E-state index is 0.269. The zero-order chi connectivity index (χ0) is 13.7. The standard InChI is InChI=1S/C16H25NOS/c1-3-17-15-7-5-4-6-8-16(15)19(18)14-11-9-13(2)10-12-14/h9-12,15-17H,3-8H2,1-2H3. The van der Waals surface area contributed by atoms with Gasteiger partial charge in [0.25, 0.3) is 0 Å². The van der Waals surface area contributed by atoms with Crippen molar-refractivity contribution < 1.29 is 4.21 Å². The predicted molar refractivity (Wildman–Crippen MR) is 81.9 cm³/mol. The molecule has 19 heavy (non-hydrogen) atoms. The number of aryl methyl sites for hydroxylation is 1. The summed E-state index contributed by atoms with van der Waals surface area (Å²) in [6.45, 7) is 5.17. The monoisotopic (exact) mass is 279 g/mol. The summed E-state index contributed by atoms with van der Waals surface area (Å²) in [6, 6.07) is 8.59. The van der Waals surface area contributed by atoms with E-state index in [2.05, 4.69) is 31.3 Å². The fourth-order valence-corrected chi connectivity index (χ4v) is 4.54. The molecular weight excluding hydrogens is 254 g/mol. The maximum atomic E-state index is 12.8. The summed E-state index contributed by atoms with van der Waals surface area (Å²) in [5, 5.41) is 3.81. The van der Waals surface area contributed by atoms with Gasteiger partial charge in [-0.25, -0.2) is 0 Å². The first kappa shape index (κ1) is 14.7. The lowest BCUT2D eigenvalue weighted by atomic mass is 10.1. The van der Waals surface area contributed by atoms with Gasteiger partial charge in [-0.15, -0.1) is 0 Å². The van der Waals surface area contributed by atoms with Gasteiger partial charge in [0.1, 0.15) is 0 Å². The Morgan fingerprint density at radius 1 is 1.16 bits per heavy atom. The molecule has 1 fully saturated rings. The highest BCUT2D eigenvalue weighted by Crippen LogP contribution is 2.25. The third-order valence-corrected chi connectivity index (χ3v) is 5.80. The Morgan fingerprint density at radius 3 is 2.53 bits per heavy atom. The van der Waals surface area contributed by atoms with Crippen LogP contribution in [0.2, 0.25) is 0 Å². The molecule has 0 saturated heterocycles. The Labute approximate surface area is 119 Å². The van der Waals surface area contributed by atoms with E-state index in [1.807, 2.05) is 12.1 Å². The summed E-state index contributed by atoms with van der Waals surface area (Å²) in [5.74, 6) is 0. The van der Waals surface area contributed by atoms with E-state index in [9.17, 15) is 4.21 Å². The number of hydrogen-bond acceptors (Lipinski definition) is 2. The van der Waals surface area contributed by atoms with Gasteiger partial charge in [-0.3, -0.25) is 4.21 Å². The Morgan fingerprint density at radius 2 is 1.84 bits per heavy atom. The lowest BCUT2D eigenvalue weighted by Gasteiger charge is -2.25. The van der Waals surface area contributed by atoms with E-state index in [0.29, 0.717) is 6.04 Å². The van der Waals surface area contributed by atoms with Gasteiger partial charge in [-0.2, -0.15) is 0 Å². The molecule has 0 amide bonds. The maximum Gasteiger partial charge on any atom is 0.0576 e. The van der Waals surface area contributed by atoms with Crippen LogP contribution in [0.3, 0.4) is 0 Å². The molecule has 0 heterocycles. The molecule has 3 unspecified atom stereocenters. The zero-order valence-corrected chi connectivity index (χ0v) is 12.8. The molecule has 2 rings (SSSR count). The third kappa shape index (κ3) is 3.90. The van der Waals surface area contributed by atoms with E-state index < -0.39 is 10.8 Å². The van der Waals surface area contributed by atoms with E-state index in [4.69, 9.17) is 0 Å². The SMILES string of the molecule is CCNC1CCCCCC1S(=O)c1ccc(C)cc1. The highest BCUT2D eigenvalue weighted by atomic mass is 32.2. The quantitative estimate of drug-likeness (QED) is 0.856. The molecule has 1 saturated carbocycles. The average Bonchev–Trinajstić information content (AvgIpc) is 2.65. The van der Waals surface area contributed by atoms with Gasteiger partial charge in [0.15, 0.2) is 0 Å². The van der Waals surface area contributed by atoms with Crippen LogP contribution in [0.4, 0.5) is 0 Å². The van der Waals surface area contributed by atoms with Gasteiger partial charge in [0, 0.05) is 10.9 Å². The second-order valence-corrected chi connectivity index (χ2v) is 7.12. The van der Waals surface area contributed by atoms with Gasteiger partial charge >= 0.3 is 0 Å². The van der Waals surface area contributed by atoms with Crippen molar-refractivity contribution in [2.75, 3.05) is 6.54 Å². The summed E-state index contributed by atoms with van der Waals surface area (Å²) in [4.78, 5) is 0.986. The second-order valence-electron chi connectivity index (χ2n) is 5.45. The van der Waals surface area contributed by atoms with Crippen molar-refractivity contribution in [3.05, 3.63) is 29.8 Å². The summed E-state index contributed by atoms with van der Waals surface area (Å²) >= 11 is 0. The minimum atomic E-state index is -0.883. The third-order valence-electron chi connectivity index (χ3n) is 3.95. The molecule has 0 aliphatic heterocycles. The number of hydrogen-bond donors (Lipinski definition) is 1. The highest BCUT2D eigenvalue weighted by molar-refractivity contribution is 7.85. The molecule has 3 atom stereocenters. The Bertz CT molecular complexity index is 415. The Balaban J connectivity index is 2.15. The summed E-state index contributed by atoms with van der Waals surface area (Å²) in [6.07, 6.45) is 6.00. The molecule has 1 aliphatic rings. The van der Waals surface area contributed by atoms with Crippen molar-refractivity contribution in [1.82, 2.24) is 5.32 Å². The van der Waals surface area contributed by atoms with E-state index in [0.717, 1.165) is 24.3 Å². The van der Waals surface area contributed by atoms with Gasteiger partial charge < -0.3 is 5.32 Å². The number of rotatable bonds is 4. The van der Waals surface area contributed by atoms with Crippen LogP contribution < -0.4 is 5.32 Å². The fraction of sp³-hybridized carbons (Fsp3) is 0.625. The molecule has 0 bridgehead atoms. The van der Waals surface area contributed by atoms with Crippen molar-refractivity contribution in [2.24, 2.45) is 0 Å². The van der Waals surface area contributed by atoms with Crippen LogP contribution in [0.5, 0.6) is 0 Å². The van der Waals surface area contributed by atoms with Crippen LogP contribution in [-0.2, 0) is 10.8 Å². The van der Waals surface area contributed by atoms with E-state index in [1.54, 1.807) is 0 Å². The Hall–Kier alpha value is -0.670. The van der Waals surface area contributed by atoms with Gasteiger partial charge in [0.05, 0.1) is 16.0 Å². The lowest BCUT2D eigenvalue weighted by molar-refractivity contribution is 0.474. The zero-order valence-electron chi connectivity index (χ0n) is 12.0. The predicted octanol–water partition coefficient (Wildman–Crippen LogP) is 3.41. The normalized spacial score (nSPS) is 25.8. The average molecular weight is 279 g/mol. The van der Waals surface area contributed by atoms with Crippen molar-refractivity contribution in [2.45, 2.75) is 62.1 Å². The van der Waals surface area contributed by atoms with Crippen molar-refractivity contribution >= 4 is 10.8 Å². The first-order valence-electron chi connectivity index (χ1n) is 7.43. The van der Waals surface area contributed by atoms with E-state index in [1.165, 1.54) is 24.8 Å². The van der Waals surface area contributed by atoms with Crippen LogP contribution in [-0.4, -0.2) is 22.0 Å². The topological polar surface area (TPSA) is 29.1 Å². The molecular formula is C16H25NOS. The van der Waals surface area contributed by atoms with Crippen molar-refractivity contribution in [3.63, 3.8) is 0 Å². The molecule has 1 aromatic carbocycles. The summed E-state index contributed by atoms with van der Waals surface area (Å²) in [7, 11) is -0.883. The molecule has 0 aromatic heterocycles. The fourth-order valence-electron chi connectivity index (χ4n) is 2.87. The summed E-state index contributed by atoms with van der Waals surface area (Å²) in [5.41, 5.74) is 1.23. The number of benzene rings is 1. The second kappa shape index (κ2) is 7.20. The molecule has 1 N–H and O–H groups in total. The van der Waals surface area contributed by atoms with Crippen LogP contribution in [0.25, 0.3) is 0 Å². The highest BCUT2D eigenvalue weighted by Gasteiger charge is 2.28. The first-order chi connectivity index (χ1) is 9.22. The molecule has 1 aromatic rings. The van der Waals surface area contributed by atoms with Gasteiger partial charge in [-0.1, -0.05) is 43.9 Å². The molecule has 3 heteroatoms. The lowest BCUT2D eigenvalue weighted by Crippen LogP contribution is -2.41. The largest absolute Gasteiger partial charge is 0.313 e. The van der Waals surface area contributed by atoms with Crippen LogP contribution in [0.15, 0.2) is 29.2 Å². The van der Waals surface area contributed by atoms with Gasteiger partial charge in [0.2, 0.25) is 0 Å². The van der Waals surface area contributed by atoms with E-state index in [-0.39, 0.29) is 5.25 Å². The number of nitrogens with one attached hydrogen (secondary N) is 1. The van der Waals surface area contributed by atoms with Crippen LogP contribution in [0.1, 0.15) is 44.6 Å². The first-order valence-corrected chi connectivity index (χ1v) is 8.64. The Kier molecular flexibility index (Phi) is 5.59. The molecule has 0 spiro atoms. The molecule has 106 valence electrons. The van der Waals surface area contributed by atoms with E-state index >= 15 is 0 Å². The maximum absolute atomic E-state index is 12.8. The van der Waals surface area contributed by atoms with Crippen LogP contribution >= 0.6 is 0 Å². The van der Waals surface area contributed by atoms with Gasteiger partial charge in [-0.05, 0) is 38.4 Å². The smallest absolute Gasteiger partial charge is 0.0576 e. The van der Waals surface area contributed by atoms with Crippen molar-refractivity contribution in [3.8, 4) is 0 Å². The summed E-state index contributed by atoms with van der Waals surface area (Å²) < 4.78 is 12.8. The molecule has 1 aliphatic carbocycles. The van der Waals surface area contributed by atoms with Crippen molar-refractivity contribution in [1.29, 1.82) is 0 Å². The molecule has 2 nitrogen and oxygen atoms in total.